The predicted octanol–water partition coefficient (Wildman–Crippen LogP) is 1.31. The van der Waals surface area contributed by atoms with Crippen LogP contribution < -0.4 is 5.32 Å². The quantitative estimate of drug-likeness (QED) is 0.707. The number of likely N-dealkylation sites (N-methyl/N-ethyl adjacent to an activating group) is 2. The number of pyridine rings is 1. The number of aromatic nitrogens is 1. The van der Waals surface area contributed by atoms with Crippen molar-refractivity contribution in [3.05, 3.63) is 30.1 Å². The molecule has 0 aliphatic rings. The summed E-state index contributed by atoms with van der Waals surface area (Å²) in [7, 11) is 4.04. The number of nitrogens with one attached hydrogen (secondary N) is 1. The molecule has 2 N–H and O–H groups in total. The minimum atomic E-state index is -0.151. The van der Waals surface area contributed by atoms with Gasteiger partial charge in [0.1, 0.15) is 0 Å². The second kappa shape index (κ2) is 8.25. The van der Waals surface area contributed by atoms with Crippen molar-refractivity contribution >= 4 is 0 Å². The van der Waals surface area contributed by atoms with Crippen LogP contribution in [0.15, 0.2) is 24.4 Å². The van der Waals surface area contributed by atoms with Crippen LogP contribution in [0, 0.1) is 0 Å². The van der Waals surface area contributed by atoms with Gasteiger partial charge in [0.25, 0.3) is 0 Å². The van der Waals surface area contributed by atoms with Gasteiger partial charge in [-0.1, -0.05) is 6.07 Å². The molecule has 1 unspecified atom stereocenters. The van der Waals surface area contributed by atoms with Gasteiger partial charge in [-0.2, -0.15) is 0 Å². The van der Waals surface area contributed by atoms with Crippen LogP contribution in [0.4, 0.5) is 0 Å². The van der Waals surface area contributed by atoms with Gasteiger partial charge in [-0.05, 0) is 52.5 Å². The van der Waals surface area contributed by atoms with Crippen molar-refractivity contribution in [3.8, 4) is 0 Å². The number of aliphatic hydroxyl groups excluding tert-OH is 1. The molecule has 0 saturated heterocycles. The Labute approximate surface area is 116 Å². The molecule has 0 radical (unpaired) electrons. The van der Waals surface area contributed by atoms with Gasteiger partial charge in [0.2, 0.25) is 0 Å². The highest BCUT2D eigenvalue weighted by Gasteiger charge is 2.19. The SMILES string of the molecule is CNC(C)(CO)CCCN(C)CCc1ccccn1. The molecule has 1 aromatic heterocycles. The molecule has 19 heavy (non-hydrogen) atoms. The van der Waals surface area contributed by atoms with E-state index in [1.54, 1.807) is 0 Å². The third kappa shape index (κ3) is 6.14. The Bertz CT molecular complexity index is 339. The smallest absolute Gasteiger partial charge is 0.0610 e. The highest BCUT2D eigenvalue weighted by molar-refractivity contribution is 5.03. The van der Waals surface area contributed by atoms with E-state index in [-0.39, 0.29) is 12.1 Å². The van der Waals surface area contributed by atoms with E-state index < -0.39 is 0 Å². The maximum absolute atomic E-state index is 9.32. The van der Waals surface area contributed by atoms with Gasteiger partial charge in [0, 0.05) is 30.4 Å². The van der Waals surface area contributed by atoms with E-state index in [9.17, 15) is 5.11 Å². The zero-order valence-corrected chi connectivity index (χ0v) is 12.4. The zero-order chi connectivity index (χ0) is 14.1. The van der Waals surface area contributed by atoms with Crippen molar-refractivity contribution in [1.29, 1.82) is 0 Å². The van der Waals surface area contributed by atoms with Gasteiger partial charge in [0.15, 0.2) is 0 Å². The second-order valence-corrected chi connectivity index (χ2v) is 5.45. The van der Waals surface area contributed by atoms with Crippen molar-refractivity contribution in [2.75, 3.05) is 33.8 Å². The number of hydrogen-bond donors (Lipinski definition) is 2. The van der Waals surface area contributed by atoms with Crippen LogP contribution in [0.3, 0.4) is 0 Å². The fourth-order valence-corrected chi connectivity index (χ4v) is 1.99. The van der Waals surface area contributed by atoms with E-state index in [0.29, 0.717) is 0 Å². The van der Waals surface area contributed by atoms with Crippen LogP contribution in [-0.2, 0) is 6.42 Å². The fourth-order valence-electron chi connectivity index (χ4n) is 1.99. The summed E-state index contributed by atoms with van der Waals surface area (Å²) in [6, 6.07) is 6.04. The lowest BCUT2D eigenvalue weighted by molar-refractivity contribution is 0.166. The monoisotopic (exact) mass is 265 g/mol. The first-order valence-electron chi connectivity index (χ1n) is 6.98. The van der Waals surface area contributed by atoms with E-state index in [4.69, 9.17) is 0 Å². The number of aliphatic hydroxyl groups is 1. The summed E-state index contributed by atoms with van der Waals surface area (Å²) in [6.45, 7) is 4.30. The minimum absolute atomic E-state index is 0.151. The Kier molecular flexibility index (Phi) is 6.99. The molecule has 1 rings (SSSR count). The van der Waals surface area contributed by atoms with Gasteiger partial charge >= 0.3 is 0 Å². The Morgan fingerprint density at radius 1 is 1.37 bits per heavy atom. The van der Waals surface area contributed by atoms with Crippen LogP contribution in [0.2, 0.25) is 0 Å². The molecule has 1 atom stereocenters. The number of rotatable bonds is 9. The molecule has 1 heterocycles. The van der Waals surface area contributed by atoms with Crippen molar-refractivity contribution in [2.45, 2.75) is 31.7 Å². The Hall–Kier alpha value is -0.970. The molecule has 108 valence electrons. The standard InChI is InChI=1S/C15H27N3O/c1-15(13-19,16-2)9-6-11-18(3)12-8-14-7-4-5-10-17-14/h4-5,7,10,16,19H,6,8-9,11-13H2,1-3H3. The van der Waals surface area contributed by atoms with E-state index in [0.717, 1.165) is 38.0 Å². The molecule has 1 aromatic rings. The van der Waals surface area contributed by atoms with Gasteiger partial charge in [-0.3, -0.25) is 4.98 Å². The Balaban J connectivity index is 2.20. The topological polar surface area (TPSA) is 48.4 Å². The van der Waals surface area contributed by atoms with E-state index in [1.165, 1.54) is 0 Å². The van der Waals surface area contributed by atoms with Gasteiger partial charge in [-0.15, -0.1) is 0 Å². The highest BCUT2D eigenvalue weighted by Crippen LogP contribution is 2.11. The minimum Gasteiger partial charge on any atom is -0.394 e. The summed E-state index contributed by atoms with van der Waals surface area (Å²) in [5.74, 6) is 0. The maximum Gasteiger partial charge on any atom is 0.0610 e. The summed E-state index contributed by atoms with van der Waals surface area (Å²) in [6.07, 6.45) is 4.89. The number of hydrogen-bond acceptors (Lipinski definition) is 4. The molecule has 0 bridgehead atoms. The summed E-state index contributed by atoms with van der Waals surface area (Å²) in [5.41, 5.74) is 0.992. The summed E-state index contributed by atoms with van der Waals surface area (Å²) < 4.78 is 0. The van der Waals surface area contributed by atoms with Crippen molar-refractivity contribution in [2.24, 2.45) is 0 Å². The average molecular weight is 265 g/mol. The molecule has 0 aliphatic heterocycles. The van der Waals surface area contributed by atoms with Crippen molar-refractivity contribution in [1.82, 2.24) is 15.2 Å². The van der Waals surface area contributed by atoms with Crippen LogP contribution in [0.5, 0.6) is 0 Å². The lowest BCUT2D eigenvalue weighted by Gasteiger charge is -2.27. The third-order valence-electron chi connectivity index (χ3n) is 3.70. The summed E-state index contributed by atoms with van der Waals surface area (Å²) in [4.78, 5) is 6.65. The lowest BCUT2D eigenvalue weighted by atomic mass is 9.97. The maximum atomic E-state index is 9.32. The van der Waals surface area contributed by atoms with Gasteiger partial charge < -0.3 is 15.3 Å². The van der Waals surface area contributed by atoms with Crippen LogP contribution >= 0.6 is 0 Å². The predicted molar refractivity (Wildman–Crippen MR) is 79.2 cm³/mol. The van der Waals surface area contributed by atoms with E-state index >= 15 is 0 Å². The van der Waals surface area contributed by atoms with Crippen molar-refractivity contribution < 1.29 is 5.11 Å². The first-order chi connectivity index (χ1) is 9.09. The first kappa shape index (κ1) is 16.1. The van der Waals surface area contributed by atoms with Crippen LogP contribution in [-0.4, -0.2) is 54.3 Å². The summed E-state index contributed by atoms with van der Waals surface area (Å²) >= 11 is 0. The van der Waals surface area contributed by atoms with Crippen molar-refractivity contribution in [3.63, 3.8) is 0 Å². The molecular weight excluding hydrogens is 238 g/mol. The summed E-state index contributed by atoms with van der Waals surface area (Å²) in [5, 5.41) is 12.5. The van der Waals surface area contributed by atoms with Crippen LogP contribution in [0.1, 0.15) is 25.5 Å². The molecule has 0 aliphatic carbocycles. The Morgan fingerprint density at radius 3 is 2.74 bits per heavy atom. The molecule has 0 spiro atoms. The second-order valence-electron chi connectivity index (χ2n) is 5.45. The van der Waals surface area contributed by atoms with Crippen LogP contribution in [0.25, 0.3) is 0 Å². The molecule has 4 nitrogen and oxygen atoms in total. The van der Waals surface area contributed by atoms with Gasteiger partial charge in [0.05, 0.1) is 6.61 Å². The molecule has 4 heteroatoms. The average Bonchev–Trinajstić information content (AvgIpc) is 2.46. The largest absolute Gasteiger partial charge is 0.394 e. The molecule has 0 aromatic carbocycles. The molecular formula is C15H27N3O. The highest BCUT2D eigenvalue weighted by atomic mass is 16.3. The first-order valence-corrected chi connectivity index (χ1v) is 6.98. The molecule has 0 saturated carbocycles. The molecule has 0 fully saturated rings. The number of nitrogens with zero attached hydrogens (tertiary/aromatic N) is 2. The zero-order valence-electron chi connectivity index (χ0n) is 12.4. The third-order valence-corrected chi connectivity index (χ3v) is 3.70. The Morgan fingerprint density at radius 2 is 2.16 bits per heavy atom. The lowest BCUT2D eigenvalue weighted by Crippen LogP contribution is -2.43. The van der Waals surface area contributed by atoms with Gasteiger partial charge in [-0.25, -0.2) is 0 Å². The van der Waals surface area contributed by atoms with E-state index in [2.05, 4.69) is 35.2 Å². The van der Waals surface area contributed by atoms with E-state index in [1.807, 2.05) is 25.4 Å². The molecule has 0 amide bonds. The normalized spacial score (nSPS) is 14.6. The fraction of sp³-hybridized carbons (Fsp3) is 0.667.